The number of nitrogens with zero attached hydrogens (tertiary/aromatic N) is 2. The Bertz CT molecular complexity index is 325. The van der Waals surface area contributed by atoms with Gasteiger partial charge in [0, 0.05) is 26.2 Å². The fourth-order valence-corrected chi connectivity index (χ4v) is 3.53. The van der Waals surface area contributed by atoms with E-state index in [4.69, 9.17) is 9.47 Å². The summed E-state index contributed by atoms with van der Waals surface area (Å²) in [5.41, 5.74) is 0. The molecule has 0 aromatic carbocycles. The number of rotatable bonds is 3. The molecule has 2 unspecified atom stereocenters. The maximum atomic E-state index is 12.6. The lowest BCUT2D eigenvalue weighted by Gasteiger charge is -2.34. The Morgan fingerprint density at radius 3 is 2.60 bits per heavy atom. The van der Waals surface area contributed by atoms with E-state index in [1.165, 1.54) is 12.8 Å². The zero-order valence-corrected chi connectivity index (χ0v) is 12.3. The summed E-state index contributed by atoms with van der Waals surface area (Å²) in [4.78, 5) is 17.0. The fraction of sp³-hybridized carbons (Fsp3) is 0.933. The molecular weight excluding hydrogens is 256 g/mol. The van der Waals surface area contributed by atoms with E-state index in [9.17, 15) is 4.79 Å². The minimum atomic E-state index is 0.0821. The smallest absolute Gasteiger partial charge is 0.240 e. The van der Waals surface area contributed by atoms with Crippen LogP contribution in [0.4, 0.5) is 0 Å². The quantitative estimate of drug-likeness (QED) is 0.770. The first-order valence-electron chi connectivity index (χ1n) is 8.07. The van der Waals surface area contributed by atoms with Gasteiger partial charge in [0.25, 0.3) is 0 Å². The molecule has 3 saturated heterocycles. The number of amides is 1. The molecule has 3 heterocycles. The highest BCUT2D eigenvalue weighted by atomic mass is 16.5. The predicted octanol–water partition coefficient (Wildman–Crippen LogP) is 0.879. The second kappa shape index (κ2) is 6.87. The average Bonchev–Trinajstić information content (AvgIpc) is 2.96. The molecule has 3 fully saturated rings. The number of morpholine rings is 1. The molecule has 0 saturated carbocycles. The summed E-state index contributed by atoms with van der Waals surface area (Å²) < 4.78 is 11.2. The maximum Gasteiger partial charge on any atom is 0.240 e. The lowest BCUT2D eigenvalue weighted by molar-refractivity contribution is -0.140. The van der Waals surface area contributed by atoms with Gasteiger partial charge in [0.05, 0.1) is 25.4 Å². The lowest BCUT2D eigenvalue weighted by atomic mass is 10.1. The molecule has 1 amide bonds. The topological polar surface area (TPSA) is 42.0 Å². The maximum absolute atomic E-state index is 12.6. The molecule has 114 valence electrons. The van der Waals surface area contributed by atoms with Crippen molar-refractivity contribution in [2.24, 2.45) is 0 Å². The number of likely N-dealkylation sites (tertiary alicyclic amines) is 1. The standard InChI is InChI=1S/C15H26N2O3/c18-15(16-7-10-19-11-8-16)14-5-3-6-17(14)12-13-4-1-2-9-20-13/h13-14H,1-12H2. The van der Waals surface area contributed by atoms with Crippen molar-refractivity contribution in [1.82, 2.24) is 9.80 Å². The number of carbonyl (C=O) groups is 1. The largest absolute Gasteiger partial charge is 0.378 e. The van der Waals surface area contributed by atoms with E-state index < -0.39 is 0 Å². The van der Waals surface area contributed by atoms with Crippen molar-refractivity contribution < 1.29 is 14.3 Å². The summed E-state index contributed by atoms with van der Waals surface area (Å²) in [5.74, 6) is 0.307. The van der Waals surface area contributed by atoms with E-state index in [0.717, 1.165) is 52.0 Å². The normalized spacial score (nSPS) is 32.5. The van der Waals surface area contributed by atoms with E-state index in [2.05, 4.69) is 4.90 Å². The van der Waals surface area contributed by atoms with Gasteiger partial charge in [0.1, 0.15) is 0 Å². The van der Waals surface area contributed by atoms with Crippen LogP contribution in [0, 0.1) is 0 Å². The third kappa shape index (κ3) is 3.32. The van der Waals surface area contributed by atoms with Gasteiger partial charge in [-0.3, -0.25) is 9.69 Å². The van der Waals surface area contributed by atoms with Gasteiger partial charge in [-0.15, -0.1) is 0 Å². The molecule has 0 aromatic rings. The van der Waals surface area contributed by atoms with Crippen molar-refractivity contribution in [3.8, 4) is 0 Å². The van der Waals surface area contributed by atoms with Crippen molar-refractivity contribution in [1.29, 1.82) is 0 Å². The fourth-order valence-electron chi connectivity index (χ4n) is 3.53. The Morgan fingerprint density at radius 1 is 1.00 bits per heavy atom. The summed E-state index contributed by atoms with van der Waals surface area (Å²) in [7, 11) is 0. The van der Waals surface area contributed by atoms with Gasteiger partial charge in [0.2, 0.25) is 5.91 Å². The molecule has 2 atom stereocenters. The molecule has 0 bridgehead atoms. The molecule has 3 aliphatic heterocycles. The number of hydrogen-bond acceptors (Lipinski definition) is 4. The molecule has 5 heteroatoms. The van der Waals surface area contributed by atoms with E-state index in [0.29, 0.717) is 25.2 Å². The second-order valence-electron chi connectivity index (χ2n) is 6.08. The third-order valence-electron chi connectivity index (χ3n) is 4.68. The SMILES string of the molecule is O=C(C1CCCN1CC1CCCCO1)N1CCOCC1. The van der Waals surface area contributed by atoms with Gasteiger partial charge in [-0.05, 0) is 38.6 Å². The average molecular weight is 282 g/mol. The van der Waals surface area contributed by atoms with Crippen molar-refractivity contribution in [3.63, 3.8) is 0 Å². The highest BCUT2D eigenvalue weighted by Gasteiger charge is 2.35. The van der Waals surface area contributed by atoms with E-state index in [-0.39, 0.29) is 6.04 Å². The van der Waals surface area contributed by atoms with E-state index in [1.54, 1.807) is 0 Å². The molecule has 0 aromatic heterocycles. The predicted molar refractivity (Wildman–Crippen MR) is 75.6 cm³/mol. The molecule has 5 nitrogen and oxygen atoms in total. The first kappa shape index (κ1) is 14.3. The summed E-state index contributed by atoms with van der Waals surface area (Å²) >= 11 is 0. The van der Waals surface area contributed by atoms with Gasteiger partial charge >= 0.3 is 0 Å². The lowest BCUT2D eigenvalue weighted by Crippen LogP contribution is -2.51. The number of hydrogen-bond donors (Lipinski definition) is 0. The van der Waals surface area contributed by atoms with Crippen molar-refractivity contribution >= 4 is 5.91 Å². The Morgan fingerprint density at radius 2 is 1.85 bits per heavy atom. The van der Waals surface area contributed by atoms with Crippen molar-refractivity contribution in [2.45, 2.75) is 44.2 Å². The Kier molecular flexibility index (Phi) is 4.91. The van der Waals surface area contributed by atoms with Crippen LogP contribution < -0.4 is 0 Å². The van der Waals surface area contributed by atoms with Crippen molar-refractivity contribution in [2.75, 3.05) is 46.0 Å². The van der Waals surface area contributed by atoms with Crippen molar-refractivity contribution in [3.05, 3.63) is 0 Å². The first-order chi connectivity index (χ1) is 9.84. The van der Waals surface area contributed by atoms with Gasteiger partial charge < -0.3 is 14.4 Å². The Hall–Kier alpha value is -0.650. The third-order valence-corrected chi connectivity index (χ3v) is 4.68. The number of carbonyl (C=O) groups excluding carboxylic acids is 1. The Labute approximate surface area is 121 Å². The molecule has 0 radical (unpaired) electrons. The van der Waals surface area contributed by atoms with Crippen LogP contribution in [0.1, 0.15) is 32.1 Å². The number of ether oxygens (including phenoxy) is 2. The van der Waals surface area contributed by atoms with Gasteiger partial charge in [-0.1, -0.05) is 0 Å². The van der Waals surface area contributed by atoms with E-state index in [1.807, 2.05) is 4.90 Å². The zero-order valence-electron chi connectivity index (χ0n) is 12.3. The molecule has 20 heavy (non-hydrogen) atoms. The summed E-state index contributed by atoms with van der Waals surface area (Å²) in [6.45, 7) is 5.74. The van der Waals surface area contributed by atoms with Crippen LogP contribution in [0.15, 0.2) is 0 Å². The van der Waals surface area contributed by atoms with Crippen LogP contribution in [0.2, 0.25) is 0 Å². The monoisotopic (exact) mass is 282 g/mol. The van der Waals surface area contributed by atoms with Crippen LogP contribution >= 0.6 is 0 Å². The molecule has 0 aliphatic carbocycles. The highest BCUT2D eigenvalue weighted by molar-refractivity contribution is 5.82. The van der Waals surface area contributed by atoms with Crippen LogP contribution in [0.25, 0.3) is 0 Å². The second-order valence-corrected chi connectivity index (χ2v) is 6.08. The van der Waals surface area contributed by atoms with Crippen LogP contribution in [-0.2, 0) is 14.3 Å². The molecule has 3 rings (SSSR count). The first-order valence-corrected chi connectivity index (χ1v) is 8.07. The molecule has 3 aliphatic rings. The zero-order chi connectivity index (χ0) is 13.8. The molecule has 0 spiro atoms. The summed E-state index contributed by atoms with van der Waals surface area (Å²) in [6.07, 6.45) is 6.07. The van der Waals surface area contributed by atoms with E-state index >= 15 is 0 Å². The van der Waals surface area contributed by atoms with Crippen LogP contribution in [-0.4, -0.2) is 73.9 Å². The van der Waals surface area contributed by atoms with Gasteiger partial charge in [-0.2, -0.15) is 0 Å². The Balaban J connectivity index is 1.55. The minimum Gasteiger partial charge on any atom is -0.378 e. The van der Waals surface area contributed by atoms with Crippen LogP contribution in [0.5, 0.6) is 0 Å². The molecule has 0 N–H and O–H groups in total. The minimum absolute atomic E-state index is 0.0821. The summed E-state index contributed by atoms with van der Waals surface area (Å²) in [6, 6.07) is 0.0821. The molecular formula is C15H26N2O3. The van der Waals surface area contributed by atoms with Gasteiger partial charge in [0.15, 0.2) is 0 Å². The summed E-state index contributed by atoms with van der Waals surface area (Å²) in [5, 5.41) is 0. The van der Waals surface area contributed by atoms with Gasteiger partial charge in [-0.25, -0.2) is 0 Å². The van der Waals surface area contributed by atoms with Crippen LogP contribution in [0.3, 0.4) is 0 Å². The highest BCUT2D eigenvalue weighted by Crippen LogP contribution is 2.23.